The molecule has 0 fully saturated rings. The van der Waals surface area contributed by atoms with Crippen LogP contribution in [0, 0.1) is 6.92 Å². The summed E-state index contributed by atoms with van der Waals surface area (Å²) in [7, 11) is 0. The van der Waals surface area contributed by atoms with Crippen LogP contribution < -0.4 is 4.74 Å². The highest BCUT2D eigenvalue weighted by atomic mass is 35.5. The van der Waals surface area contributed by atoms with E-state index in [4.69, 9.17) is 21.1 Å². The minimum Gasteiger partial charge on any atom is -0.463 e. The van der Waals surface area contributed by atoms with Crippen LogP contribution in [0.15, 0.2) is 30.4 Å². The Balaban J connectivity index is 2.24. The van der Waals surface area contributed by atoms with Gasteiger partial charge >= 0.3 is 11.9 Å². The lowest BCUT2D eigenvalue weighted by Gasteiger charge is -2.05. The second-order valence-corrected chi connectivity index (χ2v) is 6.04. The number of rotatable bonds is 10. The van der Waals surface area contributed by atoms with E-state index in [2.05, 4.69) is 6.92 Å². The Hall–Kier alpha value is -1.81. The number of carbonyl (C=O) groups is 2. The maximum atomic E-state index is 11.7. The molecule has 0 radical (unpaired) electrons. The zero-order valence-corrected chi connectivity index (χ0v) is 15.1. The fraction of sp³-hybridized carbons (Fsp3) is 0.474. The largest absolute Gasteiger partial charge is 0.463 e. The lowest BCUT2D eigenvalue weighted by atomic mass is 10.1. The monoisotopic (exact) mass is 352 g/mol. The van der Waals surface area contributed by atoms with Crippen molar-refractivity contribution in [1.82, 2.24) is 0 Å². The van der Waals surface area contributed by atoms with E-state index in [9.17, 15) is 9.59 Å². The van der Waals surface area contributed by atoms with E-state index in [0.29, 0.717) is 17.4 Å². The lowest BCUT2D eigenvalue weighted by Crippen LogP contribution is -2.08. The molecule has 0 unspecified atom stereocenters. The van der Waals surface area contributed by atoms with Gasteiger partial charge in [0.1, 0.15) is 5.75 Å². The quantitative estimate of drug-likeness (QED) is 0.257. The molecule has 1 aromatic rings. The lowest BCUT2D eigenvalue weighted by molar-refractivity contribution is -0.138. The van der Waals surface area contributed by atoms with Gasteiger partial charge in [-0.3, -0.25) is 0 Å². The number of hydrogen-bond donors (Lipinski definition) is 0. The first-order valence-electron chi connectivity index (χ1n) is 8.35. The zero-order chi connectivity index (χ0) is 17.8. The van der Waals surface area contributed by atoms with Crippen molar-refractivity contribution in [3.05, 3.63) is 40.9 Å². The van der Waals surface area contributed by atoms with Crippen molar-refractivity contribution in [1.29, 1.82) is 0 Å². The normalized spacial score (nSPS) is 10.8. The molecular formula is C19H25ClO4. The molecule has 1 aromatic carbocycles. The Bertz CT molecular complexity index is 566. The van der Waals surface area contributed by atoms with Gasteiger partial charge in [0, 0.05) is 17.2 Å². The molecule has 0 bridgehead atoms. The second kappa shape index (κ2) is 11.7. The molecule has 5 heteroatoms. The third-order valence-electron chi connectivity index (χ3n) is 3.45. The molecule has 0 aromatic heterocycles. The van der Waals surface area contributed by atoms with Crippen LogP contribution in [0.2, 0.25) is 5.02 Å². The van der Waals surface area contributed by atoms with Gasteiger partial charge in [-0.2, -0.15) is 0 Å². The molecule has 0 N–H and O–H groups in total. The average molecular weight is 353 g/mol. The van der Waals surface area contributed by atoms with Crippen LogP contribution in [0.4, 0.5) is 0 Å². The third-order valence-corrected chi connectivity index (χ3v) is 3.68. The first-order chi connectivity index (χ1) is 11.5. The SMILES string of the molecule is CCCCCCCCOC(=O)/C=C/C(=O)Oc1ccc(Cl)cc1C. The van der Waals surface area contributed by atoms with Crippen LogP contribution in [-0.2, 0) is 14.3 Å². The highest BCUT2D eigenvalue weighted by molar-refractivity contribution is 6.30. The molecule has 24 heavy (non-hydrogen) atoms. The average Bonchev–Trinajstić information content (AvgIpc) is 2.55. The molecule has 0 saturated carbocycles. The van der Waals surface area contributed by atoms with Crippen molar-refractivity contribution in [2.24, 2.45) is 0 Å². The second-order valence-electron chi connectivity index (χ2n) is 5.60. The fourth-order valence-electron chi connectivity index (χ4n) is 2.11. The molecule has 0 aliphatic rings. The van der Waals surface area contributed by atoms with Crippen molar-refractivity contribution in [3.63, 3.8) is 0 Å². The Kier molecular flexibility index (Phi) is 9.85. The number of ether oxygens (including phenoxy) is 2. The number of aryl methyl sites for hydroxylation is 1. The first kappa shape index (κ1) is 20.2. The molecule has 0 aliphatic carbocycles. The van der Waals surface area contributed by atoms with Crippen molar-refractivity contribution in [3.8, 4) is 5.75 Å². The van der Waals surface area contributed by atoms with E-state index in [1.807, 2.05) is 0 Å². The summed E-state index contributed by atoms with van der Waals surface area (Å²) in [6, 6.07) is 4.94. The van der Waals surface area contributed by atoms with E-state index in [0.717, 1.165) is 37.0 Å². The van der Waals surface area contributed by atoms with Gasteiger partial charge in [-0.05, 0) is 37.1 Å². The van der Waals surface area contributed by atoms with Gasteiger partial charge in [-0.25, -0.2) is 9.59 Å². The molecule has 0 spiro atoms. The number of esters is 2. The van der Waals surface area contributed by atoms with Crippen LogP contribution >= 0.6 is 11.6 Å². The summed E-state index contributed by atoms with van der Waals surface area (Å²) >= 11 is 5.84. The predicted molar refractivity (Wildman–Crippen MR) is 95.3 cm³/mol. The molecule has 1 rings (SSSR count). The Labute approximate surface area is 148 Å². The van der Waals surface area contributed by atoms with Crippen LogP contribution in [-0.4, -0.2) is 18.5 Å². The highest BCUT2D eigenvalue weighted by Crippen LogP contribution is 2.21. The van der Waals surface area contributed by atoms with Gasteiger partial charge in [-0.1, -0.05) is 50.6 Å². The smallest absolute Gasteiger partial charge is 0.336 e. The maximum Gasteiger partial charge on any atom is 0.336 e. The summed E-state index contributed by atoms with van der Waals surface area (Å²) in [6.07, 6.45) is 8.90. The van der Waals surface area contributed by atoms with E-state index < -0.39 is 11.9 Å². The topological polar surface area (TPSA) is 52.6 Å². The van der Waals surface area contributed by atoms with Gasteiger partial charge in [0.05, 0.1) is 6.61 Å². The van der Waals surface area contributed by atoms with Crippen molar-refractivity contribution in [2.45, 2.75) is 52.4 Å². The van der Waals surface area contributed by atoms with Gasteiger partial charge in [0.15, 0.2) is 0 Å². The number of benzene rings is 1. The van der Waals surface area contributed by atoms with Crippen molar-refractivity contribution < 1.29 is 19.1 Å². The van der Waals surface area contributed by atoms with Gasteiger partial charge in [-0.15, -0.1) is 0 Å². The number of carbonyl (C=O) groups excluding carboxylic acids is 2. The van der Waals surface area contributed by atoms with Crippen LogP contribution in [0.1, 0.15) is 51.0 Å². The summed E-state index contributed by atoms with van der Waals surface area (Å²) in [5, 5.41) is 0.570. The molecule has 0 atom stereocenters. The third kappa shape index (κ3) is 8.73. The highest BCUT2D eigenvalue weighted by Gasteiger charge is 2.06. The summed E-state index contributed by atoms with van der Waals surface area (Å²) in [5.41, 5.74) is 0.745. The summed E-state index contributed by atoms with van der Waals surface area (Å²) in [4.78, 5) is 23.2. The number of hydrogen-bond acceptors (Lipinski definition) is 4. The van der Waals surface area contributed by atoms with E-state index >= 15 is 0 Å². The van der Waals surface area contributed by atoms with Gasteiger partial charge < -0.3 is 9.47 Å². The van der Waals surface area contributed by atoms with Gasteiger partial charge in [0.2, 0.25) is 0 Å². The minimum atomic E-state index is -0.628. The summed E-state index contributed by atoms with van der Waals surface area (Å²) < 4.78 is 10.2. The molecular weight excluding hydrogens is 328 g/mol. The Morgan fingerprint density at radius 1 is 1.04 bits per heavy atom. The molecule has 0 saturated heterocycles. The van der Waals surface area contributed by atoms with Gasteiger partial charge in [0.25, 0.3) is 0 Å². The maximum absolute atomic E-state index is 11.7. The number of halogens is 1. The molecule has 4 nitrogen and oxygen atoms in total. The minimum absolute atomic E-state index is 0.376. The number of unbranched alkanes of at least 4 members (excludes halogenated alkanes) is 5. The Morgan fingerprint density at radius 2 is 1.71 bits per heavy atom. The molecule has 132 valence electrons. The zero-order valence-electron chi connectivity index (χ0n) is 14.3. The Morgan fingerprint density at radius 3 is 2.42 bits per heavy atom. The van der Waals surface area contributed by atoms with E-state index in [1.54, 1.807) is 25.1 Å². The predicted octanol–water partition coefficient (Wildman–Crippen LogP) is 5.01. The van der Waals surface area contributed by atoms with Crippen LogP contribution in [0.5, 0.6) is 5.75 Å². The molecule has 0 aliphatic heterocycles. The standard InChI is InChI=1S/C19H25ClO4/c1-3-4-5-6-7-8-13-23-18(21)11-12-19(22)24-17-10-9-16(20)14-15(17)2/h9-12,14H,3-8,13H2,1-2H3/b12-11+. The summed E-state index contributed by atoms with van der Waals surface area (Å²) in [5.74, 6) is -0.750. The van der Waals surface area contributed by atoms with Crippen molar-refractivity contribution >= 4 is 23.5 Å². The van der Waals surface area contributed by atoms with Crippen LogP contribution in [0.3, 0.4) is 0 Å². The molecule has 0 heterocycles. The molecule has 0 amide bonds. The first-order valence-corrected chi connectivity index (χ1v) is 8.73. The van der Waals surface area contributed by atoms with E-state index in [-0.39, 0.29) is 0 Å². The fourth-order valence-corrected chi connectivity index (χ4v) is 2.34. The van der Waals surface area contributed by atoms with E-state index in [1.165, 1.54) is 19.3 Å². The summed E-state index contributed by atoms with van der Waals surface area (Å²) in [6.45, 7) is 4.33. The van der Waals surface area contributed by atoms with Crippen molar-refractivity contribution in [2.75, 3.05) is 6.61 Å². The van der Waals surface area contributed by atoms with Crippen LogP contribution in [0.25, 0.3) is 0 Å².